The number of hydrogen-bond acceptors (Lipinski definition) is 3. The van der Waals surface area contributed by atoms with Crippen molar-refractivity contribution in [1.29, 1.82) is 0 Å². The highest BCUT2D eigenvalue weighted by atomic mass is 16.4. The fourth-order valence-corrected chi connectivity index (χ4v) is 1.81. The molecule has 0 radical (unpaired) electrons. The average Bonchev–Trinajstić information content (AvgIpc) is 2.69. The summed E-state index contributed by atoms with van der Waals surface area (Å²) in [5.41, 5.74) is 0.704. The Labute approximate surface area is 85.7 Å². The fraction of sp³-hybridized carbons (Fsp3) is 0.444. The topological polar surface area (TPSA) is 95.1 Å². The normalized spacial score (nSPS) is 26.0. The molecule has 1 amide bonds. The van der Waals surface area contributed by atoms with Gasteiger partial charge in [0.2, 0.25) is 5.91 Å². The number of piperidine rings is 1. The summed E-state index contributed by atoms with van der Waals surface area (Å²) in [4.78, 5) is 22.2. The Morgan fingerprint density at radius 2 is 2.40 bits per heavy atom. The number of aliphatic carboxylic acids is 1. The molecule has 1 aliphatic heterocycles. The van der Waals surface area contributed by atoms with Gasteiger partial charge in [-0.05, 0) is 6.42 Å². The van der Waals surface area contributed by atoms with Crippen LogP contribution in [0, 0.1) is 5.92 Å². The summed E-state index contributed by atoms with van der Waals surface area (Å²) in [6, 6.07) is -0.470. The van der Waals surface area contributed by atoms with Crippen LogP contribution in [0.1, 0.15) is 24.4 Å². The quantitative estimate of drug-likeness (QED) is 0.641. The van der Waals surface area contributed by atoms with E-state index in [0.29, 0.717) is 12.0 Å². The highest BCUT2D eigenvalue weighted by Gasteiger charge is 2.35. The van der Waals surface area contributed by atoms with E-state index in [1.807, 2.05) is 0 Å². The zero-order chi connectivity index (χ0) is 10.8. The summed E-state index contributed by atoms with van der Waals surface area (Å²) in [6.45, 7) is 0. The lowest BCUT2D eigenvalue weighted by Crippen LogP contribution is -2.41. The molecule has 15 heavy (non-hydrogen) atoms. The van der Waals surface area contributed by atoms with Crippen molar-refractivity contribution in [2.45, 2.75) is 18.9 Å². The van der Waals surface area contributed by atoms with Gasteiger partial charge >= 0.3 is 5.97 Å². The van der Waals surface area contributed by atoms with Gasteiger partial charge in [0.25, 0.3) is 0 Å². The van der Waals surface area contributed by atoms with E-state index in [-0.39, 0.29) is 12.3 Å². The number of nitrogens with one attached hydrogen (secondary N) is 2. The number of carbonyl (C=O) groups is 2. The number of carboxylic acid groups (broad SMARTS) is 1. The van der Waals surface area contributed by atoms with Crippen LogP contribution >= 0.6 is 0 Å². The molecule has 1 saturated heterocycles. The third-order valence-corrected chi connectivity index (χ3v) is 2.60. The number of rotatable bonds is 2. The minimum Gasteiger partial charge on any atom is -0.481 e. The maximum absolute atomic E-state index is 11.2. The van der Waals surface area contributed by atoms with Gasteiger partial charge in [-0.1, -0.05) is 0 Å². The zero-order valence-electron chi connectivity index (χ0n) is 7.93. The highest BCUT2D eigenvalue weighted by molar-refractivity contribution is 5.81. The molecule has 2 atom stereocenters. The van der Waals surface area contributed by atoms with Crippen LogP contribution in [0.25, 0.3) is 0 Å². The number of aromatic amines is 1. The molecule has 80 valence electrons. The van der Waals surface area contributed by atoms with E-state index in [9.17, 15) is 9.59 Å². The van der Waals surface area contributed by atoms with E-state index >= 15 is 0 Å². The van der Waals surface area contributed by atoms with E-state index in [4.69, 9.17) is 5.11 Å². The lowest BCUT2D eigenvalue weighted by Gasteiger charge is -2.28. The standard InChI is InChI=1S/C9H11N3O3/c13-7-2-1-6(9(14)15)8(12-7)5-3-10-11-4-5/h3-4,6,8H,1-2H2,(H,10,11)(H,12,13)(H,14,15)/t6-,8-/m0/s1. The summed E-state index contributed by atoms with van der Waals surface area (Å²) in [7, 11) is 0. The third kappa shape index (κ3) is 1.83. The van der Waals surface area contributed by atoms with Crippen molar-refractivity contribution in [3.05, 3.63) is 18.0 Å². The maximum Gasteiger partial charge on any atom is 0.308 e. The van der Waals surface area contributed by atoms with Crippen molar-refractivity contribution >= 4 is 11.9 Å². The molecule has 2 heterocycles. The van der Waals surface area contributed by atoms with Crippen LogP contribution in [0.15, 0.2) is 12.4 Å². The van der Waals surface area contributed by atoms with Crippen molar-refractivity contribution in [1.82, 2.24) is 15.5 Å². The van der Waals surface area contributed by atoms with E-state index in [1.54, 1.807) is 6.20 Å². The van der Waals surface area contributed by atoms with Crippen LogP contribution in [0.3, 0.4) is 0 Å². The Morgan fingerprint density at radius 1 is 1.60 bits per heavy atom. The van der Waals surface area contributed by atoms with Gasteiger partial charge in [0.1, 0.15) is 0 Å². The molecule has 6 nitrogen and oxygen atoms in total. The van der Waals surface area contributed by atoms with Gasteiger partial charge in [-0.25, -0.2) is 0 Å². The molecular weight excluding hydrogens is 198 g/mol. The zero-order valence-corrected chi connectivity index (χ0v) is 7.93. The van der Waals surface area contributed by atoms with Gasteiger partial charge in [-0.3, -0.25) is 14.7 Å². The molecule has 0 saturated carbocycles. The largest absolute Gasteiger partial charge is 0.481 e. The second-order valence-corrected chi connectivity index (χ2v) is 3.56. The first-order chi connectivity index (χ1) is 7.18. The Balaban J connectivity index is 2.24. The Kier molecular flexibility index (Phi) is 2.40. The van der Waals surface area contributed by atoms with Gasteiger partial charge in [-0.2, -0.15) is 5.10 Å². The molecule has 2 rings (SSSR count). The van der Waals surface area contributed by atoms with Gasteiger partial charge in [0, 0.05) is 18.2 Å². The van der Waals surface area contributed by atoms with E-state index < -0.39 is 17.9 Å². The number of aromatic nitrogens is 2. The molecule has 0 aliphatic carbocycles. The number of amides is 1. The molecule has 0 unspecified atom stereocenters. The highest BCUT2D eigenvalue weighted by Crippen LogP contribution is 2.29. The molecule has 1 aromatic rings. The molecule has 1 fully saturated rings. The van der Waals surface area contributed by atoms with E-state index in [0.717, 1.165) is 0 Å². The molecule has 0 bridgehead atoms. The lowest BCUT2D eigenvalue weighted by atomic mass is 9.87. The molecule has 1 aliphatic rings. The molecule has 0 spiro atoms. The SMILES string of the molecule is O=C1CC[C@H](C(=O)O)[C@H](c2cn[nH]c2)N1. The first-order valence-electron chi connectivity index (χ1n) is 4.69. The van der Waals surface area contributed by atoms with E-state index in [1.165, 1.54) is 6.20 Å². The number of H-pyrrole nitrogens is 1. The van der Waals surface area contributed by atoms with Crippen LogP contribution in [0.5, 0.6) is 0 Å². The Morgan fingerprint density at radius 3 is 3.00 bits per heavy atom. The Hall–Kier alpha value is -1.85. The van der Waals surface area contributed by atoms with Gasteiger partial charge < -0.3 is 10.4 Å². The Bertz CT molecular complexity index is 374. The molecule has 6 heteroatoms. The predicted molar refractivity (Wildman–Crippen MR) is 49.8 cm³/mol. The predicted octanol–water partition coefficient (Wildman–Crippen LogP) is 0.0616. The second-order valence-electron chi connectivity index (χ2n) is 3.56. The number of nitrogens with zero attached hydrogens (tertiary/aromatic N) is 1. The van der Waals surface area contributed by atoms with Crippen molar-refractivity contribution in [3.8, 4) is 0 Å². The summed E-state index contributed by atoms with van der Waals surface area (Å²) >= 11 is 0. The van der Waals surface area contributed by atoms with Crippen LogP contribution in [0.2, 0.25) is 0 Å². The molecule has 1 aromatic heterocycles. The van der Waals surface area contributed by atoms with Crippen LogP contribution < -0.4 is 5.32 Å². The average molecular weight is 209 g/mol. The van der Waals surface area contributed by atoms with Gasteiger partial charge in [0.05, 0.1) is 18.2 Å². The molecule has 3 N–H and O–H groups in total. The van der Waals surface area contributed by atoms with Crippen molar-refractivity contribution < 1.29 is 14.7 Å². The van der Waals surface area contributed by atoms with Gasteiger partial charge in [-0.15, -0.1) is 0 Å². The summed E-state index contributed by atoms with van der Waals surface area (Å²) in [6.07, 6.45) is 3.78. The number of hydrogen-bond donors (Lipinski definition) is 3. The first kappa shape index (κ1) is 9.70. The minimum absolute atomic E-state index is 0.112. The summed E-state index contributed by atoms with van der Waals surface area (Å²) in [5, 5.41) is 18.0. The molecule has 0 aromatic carbocycles. The third-order valence-electron chi connectivity index (χ3n) is 2.60. The minimum atomic E-state index is -0.888. The van der Waals surface area contributed by atoms with Crippen molar-refractivity contribution in [3.63, 3.8) is 0 Å². The molecular formula is C9H11N3O3. The first-order valence-corrected chi connectivity index (χ1v) is 4.69. The van der Waals surface area contributed by atoms with Crippen LogP contribution in [-0.4, -0.2) is 27.2 Å². The number of carbonyl (C=O) groups excluding carboxylic acids is 1. The van der Waals surface area contributed by atoms with Crippen LogP contribution in [-0.2, 0) is 9.59 Å². The van der Waals surface area contributed by atoms with Crippen molar-refractivity contribution in [2.24, 2.45) is 5.92 Å². The van der Waals surface area contributed by atoms with Gasteiger partial charge in [0.15, 0.2) is 0 Å². The van der Waals surface area contributed by atoms with E-state index in [2.05, 4.69) is 15.5 Å². The monoisotopic (exact) mass is 209 g/mol. The smallest absolute Gasteiger partial charge is 0.308 e. The fourth-order valence-electron chi connectivity index (χ4n) is 1.81. The second kappa shape index (κ2) is 3.72. The number of carboxylic acids is 1. The lowest BCUT2D eigenvalue weighted by molar-refractivity contribution is -0.145. The summed E-state index contributed by atoms with van der Waals surface area (Å²) < 4.78 is 0. The summed E-state index contributed by atoms with van der Waals surface area (Å²) in [5.74, 6) is -1.57. The van der Waals surface area contributed by atoms with Crippen molar-refractivity contribution in [2.75, 3.05) is 0 Å². The van der Waals surface area contributed by atoms with Crippen LogP contribution in [0.4, 0.5) is 0 Å². The maximum atomic E-state index is 11.2.